The van der Waals surface area contributed by atoms with Crippen LogP contribution in [0, 0.1) is 0 Å². The van der Waals surface area contributed by atoms with Crippen molar-refractivity contribution in [3.63, 3.8) is 0 Å². The van der Waals surface area contributed by atoms with Crippen LogP contribution in [0.5, 0.6) is 5.75 Å². The quantitative estimate of drug-likeness (QED) is 0.902. The van der Waals surface area contributed by atoms with Crippen molar-refractivity contribution in [1.29, 1.82) is 0 Å². The maximum atomic E-state index is 11.6. The minimum Gasteiger partial charge on any atom is -0.496 e. The van der Waals surface area contributed by atoms with E-state index in [0.29, 0.717) is 12.2 Å². The highest BCUT2D eigenvalue weighted by Gasteiger charge is 2.22. The lowest BCUT2D eigenvalue weighted by Crippen LogP contribution is -2.15. The second-order valence-electron chi connectivity index (χ2n) is 4.46. The smallest absolute Gasteiger partial charge is 0.311 e. The van der Waals surface area contributed by atoms with Crippen molar-refractivity contribution < 1.29 is 14.6 Å². The lowest BCUT2D eigenvalue weighted by atomic mass is 9.92. The predicted molar refractivity (Wildman–Crippen MR) is 81.2 cm³/mol. The number of halogens is 1. The topological polar surface area (TPSA) is 46.5 Å². The number of carbonyl (C=O) groups is 1. The lowest BCUT2D eigenvalue weighted by molar-refractivity contribution is -0.138. The zero-order valence-electron chi connectivity index (χ0n) is 11.0. The van der Waals surface area contributed by atoms with E-state index in [9.17, 15) is 9.90 Å². The summed E-state index contributed by atoms with van der Waals surface area (Å²) in [6, 6.07) is 14.9. The molecular weight excluding hydrogens is 320 g/mol. The van der Waals surface area contributed by atoms with Crippen LogP contribution in [0.4, 0.5) is 0 Å². The molecule has 0 aliphatic rings. The number of carboxylic acids is 1. The first kappa shape index (κ1) is 14.6. The monoisotopic (exact) mass is 334 g/mol. The van der Waals surface area contributed by atoms with Crippen molar-refractivity contribution in [2.24, 2.45) is 0 Å². The number of hydrogen-bond acceptors (Lipinski definition) is 2. The second-order valence-corrected chi connectivity index (χ2v) is 5.38. The molecule has 0 aliphatic carbocycles. The molecule has 0 amide bonds. The molecule has 0 radical (unpaired) electrons. The summed E-state index contributed by atoms with van der Waals surface area (Å²) in [7, 11) is 1.59. The van der Waals surface area contributed by atoms with Gasteiger partial charge in [-0.15, -0.1) is 0 Å². The van der Waals surface area contributed by atoms with Crippen molar-refractivity contribution in [2.75, 3.05) is 7.11 Å². The van der Waals surface area contributed by atoms with E-state index in [-0.39, 0.29) is 0 Å². The largest absolute Gasteiger partial charge is 0.496 e. The maximum Gasteiger partial charge on any atom is 0.311 e. The van der Waals surface area contributed by atoms with Gasteiger partial charge in [0.15, 0.2) is 0 Å². The van der Waals surface area contributed by atoms with Gasteiger partial charge < -0.3 is 9.84 Å². The normalized spacial score (nSPS) is 11.9. The second kappa shape index (κ2) is 6.57. The Hall–Kier alpha value is -1.81. The van der Waals surface area contributed by atoms with Crippen molar-refractivity contribution in [2.45, 2.75) is 12.3 Å². The van der Waals surface area contributed by atoms with Gasteiger partial charge in [0.1, 0.15) is 5.75 Å². The van der Waals surface area contributed by atoms with Crippen LogP contribution in [0.3, 0.4) is 0 Å². The van der Waals surface area contributed by atoms with Crippen LogP contribution < -0.4 is 4.74 Å². The molecule has 104 valence electrons. The summed E-state index contributed by atoms with van der Waals surface area (Å²) in [6.45, 7) is 0. The Labute approximate surface area is 126 Å². The zero-order valence-corrected chi connectivity index (χ0v) is 12.6. The van der Waals surface area contributed by atoms with Crippen LogP contribution in [0.1, 0.15) is 17.0 Å². The highest BCUT2D eigenvalue weighted by molar-refractivity contribution is 9.10. The first-order valence-electron chi connectivity index (χ1n) is 6.22. The van der Waals surface area contributed by atoms with E-state index in [0.717, 1.165) is 15.6 Å². The summed E-state index contributed by atoms with van der Waals surface area (Å²) < 4.78 is 6.16. The molecule has 2 aromatic rings. The molecule has 0 heterocycles. The molecule has 3 nitrogen and oxygen atoms in total. The highest BCUT2D eigenvalue weighted by Crippen LogP contribution is 2.28. The van der Waals surface area contributed by atoms with E-state index >= 15 is 0 Å². The fourth-order valence-corrected chi connectivity index (χ4v) is 2.58. The third-order valence-electron chi connectivity index (χ3n) is 3.17. The average molecular weight is 335 g/mol. The van der Waals surface area contributed by atoms with Crippen LogP contribution in [0.25, 0.3) is 0 Å². The number of para-hydroxylation sites is 1. The van der Waals surface area contributed by atoms with E-state index in [1.54, 1.807) is 7.11 Å². The molecule has 0 spiro atoms. The van der Waals surface area contributed by atoms with Gasteiger partial charge in [0.2, 0.25) is 0 Å². The van der Waals surface area contributed by atoms with Gasteiger partial charge in [0.25, 0.3) is 0 Å². The molecule has 1 unspecified atom stereocenters. The van der Waals surface area contributed by atoms with Crippen molar-refractivity contribution in [3.05, 3.63) is 64.1 Å². The molecule has 0 saturated carbocycles. The summed E-state index contributed by atoms with van der Waals surface area (Å²) in [5.74, 6) is -0.716. The molecule has 0 saturated heterocycles. The van der Waals surface area contributed by atoms with Gasteiger partial charge in [-0.3, -0.25) is 4.79 Å². The first-order valence-corrected chi connectivity index (χ1v) is 7.01. The summed E-state index contributed by atoms with van der Waals surface area (Å²) in [5.41, 5.74) is 1.67. The third-order valence-corrected chi connectivity index (χ3v) is 3.66. The molecule has 4 heteroatoms. The highest BCUT2D eigenvalue weighted by atomic mass is 79.9. The molecule has 2 aromatic carbocycles. The molecule has 1 N–H and O–H groups in total. The Balaban J connectivity index is 2.33. The maximum absolute atomic E-state index is 11.6. The van der Waals surface area contributed by atoms with E-state index in [1.165, 1.54) is 0 Å². The van der Waals surface area contributed by atoms with Crippen LogP contribution in [-0.2, 0) is 11.2 Å². The minimum atomic E-state index is -0.839. The van der Waals surface area contributed by atoms with Gasteiger partial charge in [-0.05, 0) is 35.7 Å². The fourth-order valence-electron chi connectivity index (χ4n) is 2.16. The summed E-state index contributed by atoms with van der Waals surface area (Å²) in [4.78, 5) is 11.6. The molecule has 20 heavy (non-hydrogen) atoms. The molecular formula is C16H15BrO3. The Morgan fingerprint density at radius 3 is 2.65 bits per heavy atom. The predicted octanol–water partition coefficient (Wildman–Crippen LogP) is 3.87. The van der Waals surface area contributed by atoms with Gasteiger partial charge in [-0.25, -0.2) is 0 Å². The Morgan fingerprint density at radius 2 is 2.00 bits per heavy atom. The van der Waals surface area contributed by atoms with Crippen molar-refractivity contribution >= 4 is 21.9 Å². The standard InChI is InChI=1S/C16H15BrO3/c1-20-15-8-3-2-5-12(15)10-14(16(18)19)11-6-4-7-13(17)9-11/h2-9,14H,10H2,1H3,(H,18,19). The van der Waals surface area contributed by atoms with Crippen LogP contribution in [-0.4, -0.2) is 18.2 Å². The Morgan fingerprint density at radius 1 is 1.25 bits per heavy atom. The zero-order chi connectivity index (χ0) is 14.5. The SMILES string of the molecule is COc1ccccc1CC(C(=O)O)c1cccc(Br)c1. The van der Waals surface area contributed by atoms with E-state index in [4.69, 9.17) is 4.74 Å². The number of benzene rings is 2. The molecule has 0 bridgehead atoms. The summed E-state index contributed by atoms with van der Waals surface area (Å²) in [5, 5.41) is 9.49. The molecule has 2 rings (SSSR count). The molecule has 1 atom stereocenters. The van der Waals surface area contributed by atoms with Crippen LogP contribution in [0.2, 0.25) is 0 Å². The van der Waals surface area contributed by atoms with Gasteiger partial charge in [0.05, 0.1) is 13.0 Å². The number of rotatable bonds is 5. The number of ether oxygens (including phenoxy) is 1. The van der Waals surface area contributed by atoms with Crippen LogP contribution >= 0.6 is 15.9 Å². The lowest BCUT2D eigenvalue weighted by Gasteiger charge is -2.15. The van der Waals surface area contributed by atoms with Gasteiger partial charge in [-0.2, -0.15) is 0 Å². The molecule has 0 aliphatic heterocycles. The van der Waals surface area contributed by atoms with Crippen molar-refractivity contribution in [3.8, 4) is 5.75 Å². The van der Waals surface area contributed by atoms with E-state index in [1.807, 2.05) is 48.5 Å². The average Bonchev–Trinajstić information content (AvgIpc) is 2.44. The molecule has 0 aromatic heterocycles. The number of methoxy groups -OCH3 is 1. The summed E-state index contributed by atoms with van der Waals surface area (Å²) in [6.07, 6.45) is 0.399. The third kappa shape index (κ3) is 3.39. The Kier molecular flexibility index (Phi) is 4.79. The van der Waals surface area contributed by atoms with Crippen LogP contribution in [0.15, 0.2) is 53.0 Å². The van der Waals surface area contributed by atoms with Crippen molar-refractivity contribution in [1.82, 2.24) is 0 Å². The first-order chi connectivity index (χ1) is 9.61. The van der Waals surface area contributed by atoms with E-state index < -0.39 is 11.9 Å². The van der Waals surface area contributed by atoms with E-state index in [2.05, 4.69) is 15.9 Å². The number of hydrogen-bond donors (Lipinski definition) is 1. The fraction of sp³-hybridized carbons (Fsp3) is 0.188. The number of carboxylic acid groups (broad SMARTS) is 1. The van der Waals surface area contributed by atoms with Gasteiger partial charge in [-0.1, -0.05) is 46.3 Å². The summed E-state index contributed by atoms with van der Waals surface area (Å²) >= 11 is 3.38. The minimum absolute atomic E-state index is 0.399. The van der Waals surface area contributed by atoms with Gasteiger partial charge >= 0.3 is 5.97 Å². The molecule has 0 fully saturated rings. The van der Waals surface area contributed by atoms with Gasteiger partial charge in [0, 0.05) is 4.47 Å². The Bertz CT molecular complexity index is 610. The number of aliphatic carboxylic acids is 1.